The fourth-order valence-electron chi connectivity index (χ4n) is 21.9. The lowest BCUT2D eigenvalue weighted by Crippen LogP contribution is -2.61. The van der Waals surface area contributed by atoms with Gasteiger partial charge in [-0.15, -0.1) is 0 Å². The molecule has 442 valence electrons. The van der Waals surface area contributed by atoms with E-state index in [9.17, 15) is 9.59 Å². The molecule has 0 aromatic rings. The minimum Gasteiger partial charge on any atom is -0.462 e. The Balaban J connectivity index is 0.948. The number of ketones is 1. The molecule has 0 aromatic heterocycles. The van der Waals surface area contributed by atoms with Crippen LogP contribution < -0.4 is 5.73 Å². The highest BCUT2D eigenvalue weighted by molar-refractivity contribution is 6.08. The normalized spacial score (nSPS) is 40.0. The largest absolute Gasteiger partial charge is 0.462 e. The Morgan fingerprint density at radius 2 is 0.948 bits per heavy atom. The maximum Gasteiger partial charge on any atom is 0.334 e. The summed E-state index contributed by atoms with van der Waals surface area (Å²) in [6.45, 7) is 27.2. The molecule has 77 heavy (non-hydrogen) atoms. The molecule has 8 aliphatic rings. The second kappa shape index (κ2) is 26.4. The van der Waals surface area contributed by atoms with Crippen molar-refractivity contribution in [3.8, 4) is 0 Å². The van der Waals surface area contributed by atoms with Gasteiger partial charge in [-0.3, -0.25) is 9.59 Å². The van der Waals surface area contributed by atoms with Crippen LogP contribution >= 0.6 is 0 Å². The average Bonchev–Trinajstić information content (AvgIpc) is 4.20. The maximum atomic E-state index is 15.2. The molecule has 0 amide bonds. The number of nitrogens with two attached hydrogens (primary N) is 1. The summed E-state index contributed by atoms with van der Waals surface area (Å²) < 4.78 is 13.8. The predicted molar refractivity (Wildman–Crippen MR) is 319 cm³/mol. The molecular formula is C71H123NO5. The molecule has 2 N–H and O–H groups in total. The van der Waals surface area contributed by atoms with E-state index in [-0.39, 0.29) is 54.1 Å². The highest BCUT2D eigenvalue weighted by Crippen LogP contribution is 2.71. The fourth-order valence-corrected chi connectivity index (χ4v) is 21.9. The van der Waals surface area contributed by atoms with E-state index in [1.807, 2.05) is 0 Å². The Morgan fingerprint density at radius 1 is 0.494 bits per heavy atom. The van der Waals surface area contributed by atoms with Crippen LogP contribution in [-0.4, -0.2) is 35.5 Å². The van der Waals surface area contributed by atoms with E-state index in [1.165, 1.54) is 167 Å². The third-order valence-corrected chi connectivity index (χ3v) is 26.4. The van der Waals surface area contributed by atoms with Crippen molar-refractivity contribution in [1.82, 2.24) is 0 Å². The van der Waals surface area contributed by atoms with Gasteiger partial charge in [0, 0.05) is 23.7 Å². The molecule has 0 aromatic carbocycles. The lowest BCUT2D eigenvalue weighted by Gasteiger charge is -2.62. The second-order valence-electron chi connectivity index (χ2n) is 31.3. The average molecular weight is 1070 g/mol. The van der Waals surface area contributed by atoms with Gasteiger partial charge in [0.25, 0.3) is 0 Å². The summed E-state index contributed by atoms with van der Waals surface area (Å²) >= 11 is 0. The molecule has 8 aliphatic carbocycles. The molecule has 19 atom stereocenters. The lowest BCUT2D eigenvalue weighted by molar-refractivity contribution is -0.197. The van der Waals surface area contributed by atoms with E-state index in [2.05, 4.69) is 76.2 Å². The number of ether oxygens (including phenoxy) is 2. The van der Waals surface area contributed by atoms with E-state index in [1.54, 1.807) is 0 Å². The van der Waals surface area contributed by atoms with Gasteiger partial charge in [0.1, 0.15) is 12.2 Å². The van der Waals surface area contributed by atoms with Crippen LogP contribution in [0.3, 0.4) is 0 Å². The van der Waals surface area contributed by atoms with E-state index in [0.717, 1.165) is 92.3 Å². The van der Waals surface area contributed by atoms with Crippen LogP contribution in [0.4, 0.5) is 0 Å². The van der Waals surface area contributed by atoms with Gasteiger partial charge >= 0.3 is 11.9 Å². The molecule has 3 unspecified atom stereocenters. The standard InChI is InChI=1S/C71H123NO5/c1-12-13-14-15-16-17-18-19-20-31-62(73)71(72,66(75)77-64-33-24-30-53-35-37-55-59-41-39-57(51(7)28-22-26-49(4)5)68(59,9)46-43-61(55)70(53,64)11)47-44-65(74)76-63-32-23-29-52-34-36-54-58-40-38-56(50(6)27-21-25-48(2)3)67(58,8)45-42-60(54)69(52,63)10/h48-61,63-64H,12-47,72H2,1-11H3/t50-,51-,52+,53+,54+,55+,56-,57-,58-,59-,60-,61-,63?,64?,67+,68+,69-,70-,71?/m0/s1. The van der Waals surface area contributed by atoms with Crippen molar-refractivity contribution < 1.29 is 23.9 Å². The van der Waals surface area contributed by atoms with Crippen LogP contribution in [0.15, 0.2) is 0 Å². The first-order valence-electron chi connectivity index (χ1n) is 34.5. The van der Waals surface area contributed by atoms with Gasteiger partial charge in [-0.25, -0.2) is 4.79 Å². The highest BCUT2D eigenvalue weighted by atomic mass is 16.6. The van der Waals surface area contributed by atoms with Crippen LogP contribution in [0.25, 0.3) is 0 Å². The van der Waals surface area contributed by atoms with Crippen molar-refractivity contribution in [2.45, 2.75) is 325 Å². The Labute approximate surface area is 474 Å². The van der Waals surface area contributed by atoms with Crippen LogP contribution in [0, 0.1) is 105 Å². The van der Waals surface area contributed by atoms with Crippen molar-refractivity contribution >= 4 is 17.7 Å². The molecule has 0 bridgehead atoms. The van der Waals surface area contributed by atoms with Crippen LogP contribution in [0.1, 0.15) is 307 Å². The van der Waals surface area contributed by atoms with Gasteiger partial charge in [-0.2, -0.15) is 0 Å². The van der Waals surface area contributed by atoms with Crippen molar-refractivity contribution in [3.05, 3.63) is 0 Å². The summed E-state index contributed by atoms with van der Waals surface area (Å²) in [5.74, 6) is 8.71. The first-order valence-corrected chi connectivity index (χ1v) is 34.5. The Kier molecular flexibility index (Phi) is 21.2. The smallest absolute Gasteiger partial charge is 0.334 e. The number of carbonyl (C=O) groups is 3. The number of hydrogen-bond acceptors (Lipinski definition) is 6. The minimum atomic E-state index is -1.86. The zero-order chi connectivity index (χ0) is 55.3. The van der Waals surface area contributed by atoms with Crippen molar-refractivity contribution in [3.63, 3.8) is 0 Å². The number of carbonyl (C=O) groups excluding carboxylic acids is 3. The minimum absolute atomic E-state index is 0.0237. The number of hydrogen-bond donors (Lipinski definition) is 1. The fraction of sp³-hybridized carbons (Fsp3) is 0.958. The topological polar surface area (TPSA) is 95.7 Å². The van der Waals surface area contributed by atoms with Gasteiger partial charge in [0.2, 0.25) is 0 Å². The zero-order valence-electron chi connectivity index (χ0n) is 52.3. The summed E-state index contributed by atoms with van der Waals surface area (Å²) in [6, 6.07) is 0. The Hall–Kier alpha value is -1.43. The maximum absolute atomic E-state index is 15.2. The third kappa shape index (κ3) is 12.7. The molecule has 6 heteroatoms. The SMILES string of the molecule is CCCCCCCCCCCC(=O)C(N)(CCC(=O)OC1CCC[C@@H]2CC[C@@H]3[C@@H]4CC[C@@H]([C@@H](C)CCCC(C)C)[C@@]4(C)CC[C@@H]3[C@@]12C)C(=O)OC1CCC[C@@H]2CC[C@@H]3[C@@H]4CC[C@@H]([C@@H](C)CCCC(C)C)[C@@]4(C)CC[C@@H]3[C@@]12C. The molecule has 0 aliphatic heterocycles. The van der Waals surface area contributed by atoms with E-state index in [0.29, 0.717) is 46.3 Å². The van der Waals surface area contributed by atoms with E-state index < -0.39 is 11.5 Å². The molecule has 0 saturated heterocycles. The summed E-state index contributed by atoms with van der Waals surface area (Å²) in [4.78, 5) is 44.6. The molecule has 8 saturated carbocycles. The zero-order valence-corrected chi connectivity index (χ0v) is 52.3. The molecule has 0 heterocycles. The van der Waals surface area contributed by atoms with Crippen LogP contribution in [0.5, 0.6) is 0 Å². The van der Waals surface area contributed by atoms with Crippen molar-refractivity contribution in [2.24, 2.45) is 110 Å². The number of esters is 2. The third-order valence-electron chi connectivity index (χ3n) is 26.4. The monoisotopic (exact) mass is 1070 g/mol. The number of unbranched alkanes of at least 4 members (excludes halogenated alkanes) is 8. The van der Waals surface area contributed by atoms with Gasteiger partial charge in [0.15, 0.2) is 11.3 Å². The summed E-state index contributed by atoms with van der Waals surface area (Å²) in [6.07, 6.45) is 40.2. The molecule has 6 nitrogen and oxygen atoms in total. The van der Waals surface area contributed by atoms with Crippen LogP contribution in [-0.2, 0) is 23.9 Å². The van der Waals surface area contributed by atoms with Crippen molar-refractivity contribution in [1.29, 1.82) is 0 Å². The summed E-state index contributed by atoms with van der Waals surface area (Å²) in [7, 11) is 0. The van der Waals surface area contributed by atoms with Crippen molar-refractivity contribution in [2.75, 3.05) is 0 Å². The molecule has 0 spiro atoms. The van der Waals surface area contributed by atoms with E-state index in [4.69, 9.17) is 15.2 Å². The molecule has 0 radical (unpaired) electrons. The second-order valence-corrected chi connectivity index (χ2v) is 31.3. The predicted octanol–water partition coefficient (Wildman–Crippen LogP) is 19.0. The number of rotatable bonds is 27. The van der Waals surface area contributed by atoms with Gasteiger partial charge in [0.05, 0.1) is 0 Å². The Morgan fingerprint density at radius 3 is 1.42 bits per heavy atom. The number of Topliss-reactive ketones (excluding diaryl/α,β-unsaturated/α-hetero) is 1. The van der Waals surface area contributed by atoms with Gasteiger partial charge < -0.3 is 15.2 Å². The van der Waals surface area contributed by atoms with Gasteiger partial charge in [-0.05, 0) is 222 Å². The lowest BCUT2D eigenvalue weighted by atomic mass is 9.44. The summed E-state index contributed by atoms with van der Waals surface area (Å²) in [5.41, 5.74) is 6.11. The first-order chi connectivity index (χ1) is 36.7. The molecular weight excluding hydrogens is 947 g/mol. The highest BCUT2D eigenvalue weighted by Gasteiger charge is 2.65. The summed E-state index contributed by atoms with van der Waals surface area (Å²) in [5, 5.41) is 0. The van der Waals surface area contributed by atoms with Gasteiger partial charge in [-0.1, -0.05) is 166 Å². The van der Waals surface area contributed by atoms with Crippen LogP contribution in [0.2, 0.25) is 0 Å². The number of fused-ring (bicyclic) bond motifs is 10. The molecule has 8 fully saturated rings. The Bertz CT molecular complexity index is 1910. The molecule has 8 rings (SSSR count). The van der Waals surface area contributed by atoms with E-state index >= 15 is 4.79 Å². The quantitative estimate of drug-likeness (QED) is 0.0500. The first kappa shape index (κ1) is 61.6.